The van der Waals surface area contributed by atoms with Crippen LogP contribution in [0, 0.1) is 0 Å². The zero-order valence-corrected chi connectivity index (χ0v) is 15.5. The second kappa shape index (κ2) is 8.21. The molecule has 0 aliphatic carbocycles. The molecule has 1 heterocycles. The SMILES string of the molecule is CC(C)c1ccccc1NC(=S)NCCc1ccc2c(c1)OCCO2. The molecule has 3 rings (SSSR count). The molecule has 0 unspecified atom stereocenters. The summed E-state index contributed by atoms with van der Waals surface area (Å²) < 4.78 is 11.2. The van der Waals surface area contributed by atoms with E-state index < -0.39 is 0 Å². The van der Waals surface area contributed by atoms with Gasteiger partial charge in [-0.25, -0.2) is 0 Å². The Labute approximate surface area is 154 Å². The first-order valence-corrected chi connectivity index (χ1v) is 9.06. The Morgan fingerprint density at radius 1 is 1.08 bits per heavy atom. The lowest BCUT2D eigenvalue weighted by Gasteiger charge is -2.19. The van der Waals surface area contributed by atoms with Crippen LogP contribution in [-0.2, 0) is 6.42 Å². The molecule has 0 amide bonds. The second-order valence-corrected chi connectivity index (χ2v) is 6.76. The number of anilines is 1. The molecule has 132 valence electrons. The maximum absolute atomic E-state index is 5.62. The average molecular weight is 356 g/mol. The van der Waals surface area contributed by atoms with Crippen LogP contribution in [0.2, 0.25) is 0 Å². The third-order valence-electron chi connectivity index (χ3n) is 4.14. The maximum Gasteiger partial charge on any atom is 0.170 e. The van der Waals surface area contributed by atoms with Gasteiger partial charge in [-0.15, -0.1) is 0 Å². The van der Waals surface area contributed by atoms with Crippen molar-refractivity contribution in [3.8, 4) is 11.5 Å². The lowest BCUT2D eigenvalue weighted by Crippen LogP contribution is -2.30. The minimum absolute atomic E-state index is 0.448. The molecule has 0 bridgehead atoms. The van der Waals surface area contributed by atoms with E-state index in [0.29, 0.717) is 24.2 Å². The summed E-state index contributed by atoms with van der Waals surface area (Å²) >= 11 is 5.43. The van der Waals surface area contributed by atoms with Crippen molar-refractivity contribution in [1.82, 2.24) is 5.32 Å². The molecule has 0 saturated carbocycles. The number of rotatable bonds is 5. The second-order valence-electron chi connectivity index (χ2n) is 6.35. The van der Waals surface area contributed by atoms with Gasteiger partial charge in [-0.1, -0.05) is 38.1 Å². The molecule has 1 aliphatic rings. The van der Waals surface area contributed by atoms with Crippen molar-refractivity contribution in [3.63, 3.8) is 0 Å². The quantitative estimate of drug-likeness (QED) is 0.789. The number of ether oxygens (including phenoxy) is 2. The van der Waals surface area contributed by atoms with Gasteiger partial charge in [-0.2, -0.15) is 0 Å². The standard InChI is InChI=1S/C20H24N2O2S/c1-14(2)16-5-3-4-6-17(16)22-20(25)21-10-9-15-7-8-18-19(13-15)24-12-11-23-18/h3-8,13-14H,9-12H2,1-2H3,(H2,21,22,25). The molecule has 25 heavy (non-hydrogen) atoms. The van der Waals surface area contributed by atoms with Gasteiger partial charge in [-0.3, -0.25) is 0 Å². The minimum atomic E-state index is 0.448. The molecule has 2 aromatic rings. The van der Waals surface area contributed by atoms with E-state index in [-0.39, 0.29) is 0 Å². The van der Waals surface area contributed by atoms with Crippen LogP contribution in [0.1, 0.15) is 30.9 Å². The zero-order chi connectivity index (χ0) is 17.6. The fourth-order valence-electron chi connectivity index (χ4n) is 2.84. The van der Waals surface area contributed by atoms with Crippen LogP contribution in [0.3, 0.4) is 0 Å². The lowest BCUT2D eigenvalue weighted by atomic mass is 10.0. The largest absolute Gasteiger partial charge is 0.486 e. The molecule has 0 saturated heterocycles. The predicted octanol–water partition coefficient (Wildman–Crippen LogP) is 4.11. The van der Waals surface area contributed by atoms with E-state index in [1.54, 1.807) is 0 Å². The maximum atomic E-state index is 5.62. The van der Waals surface area contributed by atoms with Gasteiger partial charge in [-0.05, 0) is 53.9 Å². The number of nitrogens with one attached hydrogen (secondary N) is 2. The number of benzene rings is 2. The molecule has 0 aromatic heterocycles. The highest BCUT2D eigenvalue weighted by atomic mass is 32.1. The average Bonchev–Trinajstić information content (AvgIpc) is 2.62. The number of fused-ring (bicyclic) bond motifs is 1. The van der Waals surface area contributed by atoms with Crippen LogP contribution in [0.15, 0.2) is 42.5 Å². The minimum Gasteiger partial charge on any atom is -0.486 e. The van der Waals surface area contributed by atoms with E-state index in [0.717, 1.165) is 30.2 Å². The van der Waals surface area contributed by atoms with Crippen LogP contribution in [0.25, 0.3) is 0 Å². The molecule has 1 aliphatic heterocycles. The molecule has 0 radical (unpaired) electrons. The molecular weight excluding hydrogens is 332 g/mol. The van der Waals surface area contributed by atoms with Gasteiger partial charge in [0.15, 0.2) is 16.6 Å². The summed E-state index contributed by atoms with van der Waals surface area (Å²) in [4.78, 5) is 0. The number of thiocarbonyl (C=S) groups is 1. The number of hydrogen-bond donors (Lipinski definition) is 2. The highest BCUT2D eigenvalue weighted by Crippen LogP contribution is 2.30. The first-order chi connectivity index (χ1) is 12.1. The summed E-state index contributed by atoms with van der Waals surface area (Å²) in [6.45, 7) is 6.34. The summed E-state index contributed by atoms with van der Waals surface area (Å²) in [6.07, 6.45) is 0.865. The van der Waals surface area contributed by atoms with Crippen molar-refractivity contribution in [2.75, 3.05) is 25.1 Å². The van der Waals surface area contributed by atoms with Crippen molar-refractivity contribution in [2.45, 2.75) is 26.2 Å². The van der Waals surface area contributed by atoms with Crippen LogP contribution >= 0.6 is 12.2 Å². The van der Waals surface area contributed by atoms with E-state index in [9.17, 15) is 0 Å². The van der Waals surface area contributed by atoms with Crippen molar-refractivity contribution in [3.05, 3.63) is 53.6 Å². The molecule has 0 spiro atoms. The van der Waals surface area contributed by atoms with Gasteiger partial charge >= 0.3 is 0 Å². The van der Waals surface area contributed by atoms with Gasteiger partial charge < -0.3 is 20.1 Å². The fraction of sp³-hybridized carbons (Fsp3) is 0.350. The Morgan fingerprint density at radius 3 is 2.64 bits per heavy atom. The van der Waals surface area contributed by atoms with Crippen molar-refractivity contribution in [1.29, 1.82) is 0 Å². The monoisotopic (exact) mass is 356 g/mol. The molecule has 2 aromatic carbocycles. The van der Waals surface area contributed by atoms with Crippen LogP contribution < -0.4 is 20.1 Å². The molecule has 2 N–H and O–H groups in total. The first kappa shape index (κ1) is 17.5. The molecule has 0 fully saturated rings. The highest BCUT2D eigenvalue weighted by Gasteiger charge is 2.11. The smallest absolute Gasteiger partial charge is 0.170 e. The summed E-state index contributed by atoms with van der Waals surface area (Å²) in [5.41, 5.74) is 3.52. The molecule has 0 atom stereocenters. The van der Waals surface area contributed by atoms with E-state index in [1.165, 1.54) is 11.1 Å². The van der Waals surface area contributed by atoms with E-state index in [1.807, 2.05) is 18.2 Å². The highest BCUT2D eigenvalue weighted by molar-refractivity contribution is 7.80. The lowest BCUT2D eigenvalue weighted by molar-refractivity contribution is 0.171. The Balaban J connectivity index is 1.51. The third kappa shape index (κ3) is 4.63. The van der Waals surface area contributed by atoms with Gasteiger partial charge in [0.05, 0.1) is 0 Å². The number of para-hydroxylation sites is 1. The Kier molecular flexibility index (Phi) is 5.76. The summed E-state index contributed by atoms with van der Waals surface area (Å²) in [5.74, 6) is 2.10. The molecule has 5 heteroatoms. The predicted molar refractivity (Wildman–Crippen MR) is 106 cm³/mol. The van der Waals surface area contributed by atoms with Crippen LogP contribution in [0.4, 0.5) is 5.69 Å². The van der Waals surface area contributed by atoms with E-state index in [4.69, 9.17) is 21.7 Å². The normalized spacial score (nSPS) is 12.8. The topological polar surface area (TPSA) is 42.5 Å². The molecule has 4 nitrogen and oxygen atoms in total. The van der Waals surface area contributed by atoms with Crippen LogP contribution in [-0.4, -0.2) is 24.9 Å². The summed E-state index contributed by atoms with van der Waals surface area (Å²) in [5, 5.41) is 7.22. The Bertz CT molecular complexity index is 746. The van der Waals surface area contributed by atoms with Crippen LogP contribution in [0.5, 0.6) is 11.5 Å². The van der Waals surface area contributed by atoms with Gasteiger partial charge in [0.2, 0.25) is 0 Å². The van der Waals surface area contributed by atoms with E-state index in [2.05, 4.69) is 48.7 Å². The van der Waals surface area contributed by atoms with Gasteiger partial charge in [0.25, 0.3) is 0 Å². The Morgan fingerprint density at radius 2 is 1.84 bits per heavy atom. The third-order valence-corrected chi connectivity index (χ3v) is 4.38. The van der Waals surface area contributed by atoms with Crippen molar-refractivity contribution >= 4 is 23.0 Å². The number of hydrogen-bond acceptors (Lipinski definition) is 3. The Hall–Kier alpha value is -2.27. The zero-order valence-electron chi connectivity index (χ0n) is 14.7. The first-order valence-electron chi connectivity index (χ1n) is 8.66. The van der Waals surface area contributed by atoms with E-state index >= 15 is 0 Å². The van der Waals surface area contributed by atoms with Gasteiger partial charge in [0.1, 0.15) is 13.2 Å². The van der Waals surface area contributed by atoms with Crippen molar-refractivity contribution in [2.24, 2.45) is 0 Å². The van der Waals surface area contributed by atoms with Gasteiger partial charge in [0, 0.05) is 12.2 Å². The molecular formula is C20H24N2O2S. The summed E-state index contributed by atoms with van der Waals surface area (Å²) in [7, 11) is 0. The summed E-state index contributed by atoms with van der Waals surface area (Å²) in [6, 6.07) is 14.3. The van der Waals surface area contributed by atoms with Crippen molar-refractivity contribution < 1.29 is 9.47 Å². The fourth-order valence-corrected chi connectivity index (χ4v) is 3.06.